The van der Waals surface area contributed by atoms with Crippen molar-refractivity contribution >= 4 is 31.1 Å². The quantitative estimate of drug-likeness (QED) is 0.568. The van der Waals surface area contributed by atoms with Crippen LogP contribution in [0.1, 0.15) is 0 Å². The zero-order valence-corrected chi connectivity index (χ0v) is 9.58. The van der Waals surface area contributed by atoms with Crippen LogP contribution >= 0.6 is 31.1 Å². The number of rotatable bonds is 0. The molecule has 0 saturated heterocycles. The van der Waals surface area contributed by atoms with E-state index in [4.69, 9.17) is 0 Å². The van der Waals surface area contributed by atoms with Crippen LogP contribution in [0.15, 0.2) is 0 Å². The van der Waals surface area contributed by atoms with Crippen molar-refractivity contribution in [1.82, 2.24) is 0 Å². The first-order chi connectivity index (χ1) is 3.41. The van der Waals surface area contributed by atoms with Crippen molar-refractivity contribution in [2.75, 3.05) is 0 Å². The third-order valence-electron chi connectivity index (χ3n) is 0. The SMILES string of the molecule is Cl[ClH+].[ClH+][Cu].[Cl][Cu][Cl].[Cu]. The van der Waals surface area contributed by atoms with Crippen LogP contribution in [-0.2, 0) is 45.3 Å². The Bertz CT molecular complexity index is 7.64. The Labute approximate surface area is 96.0 Å². The van der Waals surface area contributed by atoms with Crippen LogP contribution in [0, 0.1) is 21.0 Å². The van der Waals surface area contributed by atoms with E-state index in [9.17, 15) is 0 Å². The first kappa shape index (κ1) is 22.4. The molecular weight excluding hydrogens is 368 g/mol. The minimum atomic E-state index is 0. The van der Waals surface area contributed by atoms with Crippen LogP contribution < -0.4 is 0 Å². The molecule has 0 aliphatic rings. The number of halogens is 5. The van der Waals surface area contributed by atoms with Gasteiger partial charge in [-0.2, -0.15) is 0 Å². The fourth-order valence-electron chi connectivity index (χ4n) is 0. The Balaban J connectivity index is -0.0000000147. The number of hydrogen-bond donors (Lipinski definition) is 0. The molecule has 0 aromatic heterocycles. The van der Waals surface area contributed by atoms with Crippen molar-refractivity contribution in [3.63, 3.8) is 0 Å². The summed E-state index contributed by atoms with van der Waals surface area (Å²) < 4.78 is 0. The fraction of sp³-hybridized carbons (Fsp3) is 0. The minimum absolute atomic E-state index is 0. The first-order valence-corrected chi connectivity index (χ1v) is 5.73. The molecule has 0 aliphatic carbocycles. The van der Waals surface area contributed by atoms with Crippen LogP contribution in [-0.4, -0.2) is 0 Å². The molecule has 0 aromatic carbocycles. The monoisotopic (exact) mass is 366 g/mol. The summed E-state index contributed by atoms with van der Waals surface area (Å²) in [5.74, 6) is 0. The molecule has 8 heteroatoms. The zero-order valence-electron chi connectivity index (χ0n) is 2.85. The molecule has 0 aromatic rings. The second kappa shape index (κ2) is 50.5. The fourth-order valence-corrected chi connectivity index (χ4v) is 0. The van der Waals surface area contributed by atoms with E-state index in [1.807, 2.05) is 0 Å². The van der Waals surface area contributed by atoms with Gasteiger partial charge in [-0.15, -0.1) is 0 Å². The second-order valence-electron chi connectivity index (χ2n) is 0.0431. The summed E-state index contributed by atoms with van der Waals surface area (Å²) in [6, 6.07) is 0. The summed E-state index contributed by atoms with van der Waals surface area (Å²) in [6.07, 6.45) is 0. The molecule has 0 fully saturated rings. The topological polar surface area (TPSA) is 0 Å². The third-order valence-corrected chi connectivity index (χ3v) is 0. The minimum Gasteiger partial charge on any atom is 0 e. The standard InChI is InChI=1S/Cl2H.3ClH.3Cu/c1-2;;;;;;/h1H;3*1H;;;/q+1;;;;;+1;+2/p-2. The molecule has 8 heavy (non-hydrogen) atoms. The van der Waals surface area contributed by atoms with Gasteiger partial charge in [-0.1, -0.05) is 0 Å². The van der Waals surface area contributed by atoms with E-state index in [1.54, 1.807) is 0 Å². The van der Waals surface area contributed by atoms with E-state index < -0.39 is 0 Å². The maximum absolute atomic E-state index is 4.67. The van der Waals surface area contributed by atoms with E-state index in [2.05, 4.69) is 67.1 Å². The van der Waals surface area contributed by atoms with E-state index in [0.29, 0.717) is 0 Å². The van der Waals surface area contributed by atoms with Crippen LogP contribution in [0.2, 0.25) is 0 Å². The van der Waals surface area contributed by atoms with Gasteiger partial charge < -0.3 is 0 Å². The summed E-state index contributed by atoms with van der Waals surface area (Å²) in [5.41, 5.74) is 0. The predicted molar refractivity (Wildman–Crippen MR) is 20.3 cm³/mol. The summed E-state index contributed by atoms with van der Waals surface area (Å²) in [6.45, 7) is 0. The van der Waals surface area contributed by atoms with Gasteiger partial charge in [0.25, 0.3) is 10.9 Å². The Kier molecular flexibility index (Phi) is 142. The molecule has 0 rings (SSSR count). The summed E-state index contributed by atoms with van der Waals surface area (Å²) in [5, 5.41) is 0. The average molecular weight is 370 g/mol. The van der Waals surface area contributed by atoms with Crippen molar-refractivity contribution < 1.29 is 66.3 Å². The van der Waals surface area contributed by atoms with E-state index in [1.165, 1.54) is 0 Å². The van der Waals surface area contributed by atoms with Crippen molar-refractivity contribution in [2.45, 2.75) is 0 Å². The molecule has 0 atom stereocenters. The molecule has 0 saturated carbocycles. The zero-order chi connectivity index (χ0) is 6.71. The van der Waals surface area contributed by atoms with Crippen LogP contribution in [0.3, 0.4) is 0 Å². The van der Waals surface area contributed by atoms with Gasteiger partial charge in [0, 0.05) is 17.1 Å². The normalized spacial score (nSPS) is 4.38. The van der Waals surface area contributed by atoms with Gasteiger partial charge in [0.1, 0.15) is 0 Å². The van der Waals surface area contributed by atoms with Crippen LogP contribution in [0.25, 0.3) is 0 Å². The van der Waals surface area contributed by atoms with E-state index in [-0.39, 0.29) is 17.1 Å². The first-order valence-electron chi connectivity index (χ1n) is 0.505. The van der Waals surface area contributed by atoms with Crippen molar-refractivity contribution in [1.29, 1.82) is 0 Å². The van der Waals surface area contributed by atoms with Gasteiger partial charge in [-0.25, -0.2) is 0 Å². The van der Waals surface area contributed by atoms with E-state index in [0.717, 1.165) is 13.1 Å². The van der Waals surface area contributed by atoms with Gasteiger partial charge in [0.05, 0.1) is 0 Å². The molecule has 0 N–H and O–H groups in total. The largest absolute Gasteiger partial charge is 0 e. The summed E-state index contributed by atoms with van der Waals surface area (Å²) >= 11 is 4.53. The van der Waals surface area contributed by atoms with Crippen molar-refractivity contribution in [3.05, 3.63) is 0 Å². The van der Waals surface area contributed by atoms with Gasteiger partial charge >= 0.3 is 58.5 Å². The molecule has 68 valence electrons. The average Bonchev–Trinajstić information content (AvgIpc) is 1.78. The molecular formula is H2Cl5Cu3+2. The molecule has 0 spiro atoms. The second-order valence-corrected chi connectivity index (χ2v) is 1.60. The van der Waals surface area contributed by atoms with Crippen LogP contribution in [0.4, 0.5) is 0 Å². The molecule has 0 bridgehead atoms. The molecule has 0 unspecified atom stereocenters. The molecule has 0 nitrogen and oxygen atoms in total. The summed E-state index contributed by atoms with van der Waals surface area (Å²) in [4.78, 5) is 0. The van der Waals surface area contributed by atoms with Gasteiger partial charge in [0.2, 0.25) is 10.9 Å². The Morgan fingerprint density at radius 1 is 1.12 bits per heavy atom. The smallest absolute Gasteiger partial charge is 0 e. The van der Waals surface area contributed by atoms with Crippen molar-refractivity contribution in [2.24, 2.45) is 0 Å². The van der Waals surface area contributed by atoms with E-state index >= 15 is 0 Å². The van der Waals surface area contributed by atoms with Gasteiger partial charge in [-0.3, -0.25) is 0 Å². The maximum Gasteiger partial charge on any atom is 0 e. The van der Waals surface area contributed by atoms with Gasteiger partial charge in [-0.05, 0) is 0 Å². The number of hydrogen-bond acceptors (Lipinski definition) is 0. The maximum atomic E-state index is 4.67. The predicted octanol–water partition coefficient (Wildman–Crippen LogP) is 1.53. The Morgan fingerprint density at radius 2 is 1.12 bits per heavy atom. The third kappa shape index (κ3) is 63.8. The molecule has 0 amide bonds. The Hall–Kier alpha value is 3.01. The van der Waals surface area contributed by atoms with Crippen LogP contribution in [0.5, 0.6) is 0 Å². The summed E-state index contributed by atoms with van der Waals surface area (Å²) in [7, 11) is 20.8. The molecule has 0 heterocycles. The molecule has 0 aliphatic heterocycles. The Morgan fingerprint density at radius 3 is 1.12 bits per heavy atom. The molecule has 1 radical (unpaired) electrons. The van der Waals surface area contributed by atoms with Gasteiger partial charge in [0.15, 0.2) is 0 Å². The van der Waals surface area contributed by atoms with Crippen molar-refractivity contribution in [3.8, 4) is 0 Å².